The number of imidazole rings is 1. The molecule has 5 nitrogen and oxygen atoms in total. The molecular formula is C17H19N3O2. The van der Waals surface area contributed by atoms with Crippen molar-refractivity contribution in [3.63, 3.8) is 0 Å². The Balaban J connectivity index is 1.83. The minimum Gasteiger partial charge on any atom is -0.467 e. The lowest BCUT2D eigenvalue weighted by molar-refractivity contribution is 0.0948. The standard InChI is InChI=1S/C17H19N3O2/c1-11(2)16-19-14-9-12(6-7-15(14)20(16)3)17(21)18-10-13-5-4-8-22-13/h4-9,11H,10H2,1-3H3,(H,18,21). The maximum absolute atomic E-state index is 12.2. The summed E-state index contributed by atoms with van der Waals surface area (Å²) in [6.07, 6.45) is 1.59. The molecular weight excluding hydrogens is 278 g/mol. The van der Waals surface area contributed by atoms with Gasteiger partial charge in [-0.3, -0.25) is 4.79 Å². The minimum absolute atomic E-state index is 0.130. The third kappa shape index (κ3) is 2.62. The third-order valence-electron chi connectivity index (χ3n) is 3.70. The van der Waals surface area contributed by atoms with Crippen molar-refractivity contribution in [2.24, 2.45) is 7.05 Å². The number of benzene rings is 1. The Morgan fingerprint density at radius 2 is 2.18 bits per heavy atom. The van der Waals surface area contributed by atoms with E-state index in [0.717, 1.165) is 22.6 Å². The summed E-state index contributed by atoms with van der Waals surface area (Å²) in [6, 6.07) is 9.23. The Hall–Kier alpha value is -2.56. The number of carbonyl (C=O) groups excluding carboxylic acids is 1. The largest absolute Gasteiger partial charge is 0.467 e. The molecule has 0 saturated heterocycles. The number of aryl methyl sites for hydroxylation is 1. The first kappa shape index (κ1) is 14.4. The first-order valence-corrected chi connectivity index (χ1v) is 7.33. The quantitative estimate of drug-likeness (QED) is 0.804. The highest BCUT2D eigenvalue weighted by Crippen LogP contribution is 2.21. The van der Waals surface area contributed by atoms with Gasteiger partial charge in [-0.05, 0) is 30.3 Å². The number of rotatable bonds is 4. The molecule has 0 saturated carbocycles. The first-order valence-electron chi connectivity index (χ1n) is 7.33. The average molecular weight is 297 g/mol. The first-order chi connectivity index (χ1) is 10.6. The van der Waals surface area contributed by atoms with Crippen LogP contribution >= 0.6 is 0 Å². The number of nitrogens with one attached hydrogen (secondary N) is 1. The number of amides is 1. The van der Waals surface area contributed by atoms with Crippen LogP contribution in [0.2, 0.25) is 0 Å². The molecule has 114 valence electrons. The molecule has 0 aliphatic rings. The number of carbonyl (C=O) groups is 1. The maximum Gasteiger partial charge on any atom is 0.251 e. The predicted octanol–water partition coefficient (Wildman–Crippen LogP) is 3.22. The van der Waals surface area contributed by atoms with E-state index in [0.29, 0.717) is 18.0 Å². The van der Waals surface area contributed by atoms with Crippen molar-refractivity contribution in [1.29, 1.82) is 0 Å². The van der Waals surface area contributed by atoms with E-state index in [1.807, 2.05) is 31.3 Å². The topological polar surface area (TPSA) is 60.1 Å². The van der Waals surface area contributed by atoms with Crippen molar-refractivity contribution in [2.75, 3.05) is 0 Å². The van der Waals surface area contributed by atoms with Gasteiger partial charge in [0, 0.05) is 18.5 Å². The zero-order chi connectivity index (χ0) is 15.7. The Morgan fingerprint density at radius 1 is 1.36 bits per heavy atom. The van der Waals surface area contributed by atoms with Crippen LogP contribution in [0.3, 0.4) is 0 Å². The van der Waals surface area contributed by atoms with E-state index in [4.69, 9.17) is 4.42 Å². The second-order valence-electron chi connectivity index (χ2n) is 5.65. The molecule has 3 aromatic rings. The molecule has 0 radical (unpaired) electrons. The van der Waals surface area contributed by atoms with Crippen LogP contribution in [0.25, 0.3) is 11.0 Å². The summed E-state index contributed by atoms with van der Waals surface area (Å²) < 4.78 is 7.28. The number of aromatic nitrogens is 2. The molecule has 0 bridgehead atoms. The fourth-order valence-electron chi connectivity index (χ4n) is 2.56. The molecule has 1 aromatic carbocycles. The molecule has 1 amide bonds. The van der Waals surface area contributed by atoms with E-state index in [-0.39, 0.29) is 5.91 Å². The van der Waals surface area contributed by atoms with Gasteiger partial charge in [0.25, 0.3) is 5.91 Å². The Morgan fingerprint density at radius 3 is 2.86 bits per heavy atom. The minimum atomic E-state index is -0.130. The van der Waals surface area contributed by atoms with Crippen LogP contribution in [0.4, 0.5) is 0 Å². The van der Waals surface area contributed by atoms with Crippen molar-refractivity contribution in [3.05, 3.63) is 53.7 Å². The number of hydrogen-bond donors (Lipinski definition) is 1. The Kier molecular flexibility index (Phi) is 3.71. The van der Waals surface area contributed by atoms with Crippen LogP contribution in [0, 0.1) is 0 Å². The van der Waals surface area contributed by atoms with Gasteiger partial charge in [0.15, 0.2) is 0 Å². The molecule has 22 heavy (non-hydrogen) atoms. The van der Waals surface area contributed by atoms with Gasteiger partial charge in [0.1, 0.15) is 11.6 Å². The fraction of sp³-hybridized carbons (Fsp3) is 0.294. The van der Waals surface area contributed by atoms with E-state index in [1.54, 1.807) is 12.3 Å². The van der Waals surface area contributed by atoms with Gasteiger partial charge >= 0.3 is 0 Å². The van der Waals surface area contributed by atoms with Gasteiger partial charge < -0.3 is 14.3 Å². The fourth-order valence-corrected chi connectivity index (χ4v) is 2.56. The average Bonchev–Trinajstić information content (AvgIpc) is 3.12. The van der Waals surface area contributed by atoms with Crippen LogP contribution < -0.4 is 5.32 Å². The molecule has 1 N–H and O–H groups in total. The summed E-state index contributed by atoms with van der Waals surface area (Å²) in [6.45, 7) is 4.60. The van der Waals surface area contributed by atoms with Crippen LogP contribution in [0.15, 0.2) is 41.0 Å². The van der Waals surface area contributed by atoms with Crippen molar-refractivity contribution in [3.8, 4) is 0 Å². The molecule has 0 unspecified atom stereocenters. The summed E-state index contributed by atoms with van der Waals surface area (Å²) in [5.74, 6) is 1.96. The highest BCUT2D eigenvalue weighted by atomic mass is 16.3. The normalized spacial score (nSPS) is 11.3. The van der Waals surface area contributed by atoms with Crippen molar-refractivity contribution in [1.82, 2.24) is 14.9 Å². The summed E-state index contributed by atoms with van der Waals surface area (Å²) in [5.41, 5.74) is 2.48. The molecule has 3 rings (SSSR count). The molecule has 5 heteroatoms. The van der Waals surface area contributed by atoms with Gasteiger partial charge in [-0.15, -0.1) is 0 Å². The van der Waals surface area contributed by atoms with Crippen molar-refractivity contribution < 1.29 is 9.21 Å². The van der Waals surface area contributed by atoms with E-state index in [2.05, 4.69) is 28.7 Å². The van der Waals surface area contributed by atoms with Gasteiger partial charge in [0.05, 0.1) is 23.8 Å². The lowest BCUT2D eigenvalue weighted by Gasteiger charge is -2.05. The Bertz CT molecular complexity index is 801. The SMILES string of the molecule is CC(C)c1nc2cc(C(=O)NCc3ccco3)ccc2n1C. The monoisotopic (exact) mass is 297 g/mol. The second kappa shape index (κ2) is 5.67. The van der Waals surface area contributed by atoms with Gasteiger partial charge in [-0.1, -0.05) is 13.8 Å². The molecule has 2 aromatic heterocycles. The number of fused-ring (bicyclic) bond motifs is 1. The summed E-state index contributed by atoms with van der Waals surface area (Å²) in [7, 11) is 2.00. The lowest BCUT2D eigenvalue weighted by Crippen LogP contribution is -2.22. The summed E-state index contributed by atoms with van der Waals surface area (Å²) in [5, 5.41) is 2.84. The molecule has 2 heterocycles. The highest BCUT2D eigenvalue weighted by Gasteiger charge is 2.13. The number of nitrogens with zero attached hydrogens (tertiary/aromatic N) is 2. The summed E-state index contributed by atoms with van der Waals surface area (Å²) in [4.78, 5) is 16.9. The van der Waals surface area contributed by atoms with E-state index >= 15 is 0 Å². The molecule has 0 aliphatic carbocycles. The molecule has 0 aliphatic heterocycles. The van der Waals surface area contributed by atoms with Crippen LogP contribution in [0.1, 0.15) is 41.7 Å². The number of hydrogen-bond acceptors (Lipinski definition) is 3. The highest BCUT2D eigenvalue weighted by molar-refractivity contribution is 5.97. The smallest absolute Gasteiger partial charge is 0.251 e. The van der Waals surface area contributed by atoms with Crippen molar-refractivity contribution >= 4 is 16.9 Å². The maximum atomic E-state index is 12.2. The summed E-state index contributed by atoms with van der Waals surface area (Å²) >= 11 is 0. The van der Waals surface area contributed by atoms with Crippen molar-refractivity contribution in [2.45, 2.75) is 26.3 Å². The molecule has 0 fully saturated rings. The molecule has 0 spiro atoms. The van der Waals surface area contributed by atoms with Crippen LogP contribution in [0.5, 0.6) is 0 Å². The van der Waals surface area contributed by atoms with E-state index in [9.17, 15) is 4.79 Å². The van der Waals surface area contributed by atoms with Gasteiger partial charge in [-0.2, -0.15) is 0 Å². The number of furan rings is 1. The lowest BCUT2D eigenvalue weighted by atomic mass is 10.2. The van der Waals surface area contributed by atoms with Gasteiger partial charge in [0.2, 0.25) is 0 Å². The van der Waals surface area contributed by atoms with Crippen LogP contribution in [-0.4, -0.2) is 15.5 Å². The zero-order valence-electron chi connectivity index (χ0n) is 13.0. The Labute approximate surface area is 129 Å². The molecule has 0 atom stereocenters. The zero-order valence-corrected chi connectivity index (χ0v) is 13.0. The predicted molar refractivity (Wildman–Crippen MR) is 84.7 cm³/mol. The second-order valence-corrected chi connectivity index (χ2v) is 5.65. The van der Waals surface area contributed by atoms with Gasteiger partial charge in [-0.25, -0.2) is 4.98 Å². The van der Waals surface area contributed by atoms with E-state index in [1.165, 1.54) is 0 Å². The van der Waals surface area contributed by atoms with E-state index < -0.39 is 0 Å². The van der Waals surface area contributed by atoms with Crippen LogP contribution in [-0.2, 0) is 13.6 Å². The third-order valence-corrected chi connectivity index (χ3v) is 3.70.